The maximum absolute atomic E-state index is 11.9. The molecule has 1 amide bonds. The van der Waals surface area contributed by atoms with Gasteiger partial charge in [-0.1, -0.05) is 29.8 Å². The molecule has 110 valence electrons. The fourth-order valence-electron chi connectivity index (χ4n) is 2.10. The molecule has 0 aliphatic rings. The summed E-state index contributed by atoms with van der Waals surface area (Å²) >= 11 is 7.02. The monoisotopic (exact) mass is 329 g/mol. The van der Waals surface area contributed by atoms with Crippen LogP contribution in [0.1, 0.15) is 20.8 Å². The van der Waals surface area contributed by atoms with Crippen LogP contribution in [0.15, 0.2) is 47.7 Å². The molecule has 6 heteroatoms. The van der Waals surface area contributed by atoms with Gasteiger partial charge >= 0.3 is 0 Å². The number of fused-ring (bicyclic) bond motifs is 1. The molecule has 3 aromatic rings. The minimum Gasteiger partial charge on any atom is -0.266 e. The molecule has 3 rings (SSSR count). The van der Waals surface area contributed by atoms with Gasteiger partial charge < -0.3 is 0 Å². The number of aryl methyl sites for hydroxylation is 1. The average molecular weight is 330 g/mol. The molecular weight excluding hydrogens is 318 g/mol. The van der Waals surface area contributed by atoms with E-state index in [1.165, 1.54) is 11.3 Å². The van der Waals surface area contributed by atoms with Gasteiger partial charge in [-0.05, 0) is 30.7 Å². The Morgan fingerprint density at radius 3 is 2.95 bits per heavy atom. The maximum atomic E-state index is 11.9. The van der Waals surface area contributed by atoms with E-state index >= 15 is 0 Å². The number of benzene rings is 1. The lowest BCUT2D eigenvalue weighted by molar-refractivity contribution is 0.0959. The van der Waals surface area contributed by atoms with Crippen LogP contribution in [0.4, 0.5) is 0 Å². The molecule has 0 unspecified atom stereocenters. The van der Waals surface area contributed by atoms with E-state index in [-0.39, 0.29) is 5.91 Å². The van der Waals surface area contributed by atoms with E-state index in [9.17, 15) is 4.79 Å². The fourth-order valence-corrected chi connectivity index (χ4v) is 3.03. The van der Waals surface area contributed by atoms with E-state index in [4.69, 9.17) is 11.6 Å². The summed E-state index contributed by atoms with van der Waals surface area (Å²) in [6, 6.07) is 11.2. The number of nitrogens with zero attached hydrogens (tertiary/aromatic N) is 2. The summed E-state index contributed by atoms with van der Waals surface area (Å²) in [4.78, 5) is 16.8. The van der Waals surface area contributed by atoms with Crippen LogP contribution in [0, 0.1) is 6.92 Å². The van der Waals surface area contributed by atoms with E-state index in [2.05, 4.69) is 15.5 Å². The number of carbonyl (C=O) groups excluding carboxylic acids is 1. The van der Waals surface area contributed by atoms with Crippen LogP contribution in [0.25, 0.3) is 10.9 Å². The molecule has 0 spiro atoms. The highest BCUT2D eigenvalue weighted by atomic mass is 35.5. The molecule has 0 radical (unpaired) electrons. The number of nitrogens with one attached hydrogen (secondary N) is 1. The van der Waals surface area contributed by atoms with Gasteiger partial charge in [0.2, 0.25) is 0 Å². The van der Waals surface area contributed by atoms with E-state index in [1.54, 1.807) is 24.5 Å². The van der Waals surface area contributed by atoms with Crippen LogP contribution in [0.3, 0.4) is 0 Å². The van der Waals surface area contributed by atoms with Crippen molar-refractivity contribution >= 4 is 46.0 Å². The van der Waals surface area contributed by atoms with Gasteiger partial charge in [0.1, 0.15) is 0 Å². The average Bonchev–Trinajstić information content (AvgIpc) is 2.96. The van der Waals surface area contributed by atoms with Crippen LogP contribution < -0.4 is 5.43 Å². The van der Waals surface area contributed by atoms with E-state index in [0.29, 0.717) is 9.21 Å². The molecular formula is C16H12ClN3OS. The SMILES string of the molecule is Cc1ccc(/C=N/NC(=O)c2ccc(Cl)s2)c2cccnc12. The van der Waals surface area contributed by atoms with Gasteiger partial charge in [-0.2, -0.15) is 5.10 Å². The largest absolute Gasteiger partial charge is 0.281 e. The maximum Gasteiger partial charge on any atom is 0.281 e. The van der Waals surface area contributed by atoms with Gasteiger partial charge in [0.15, 0.2) is 0 Å². The van der Waals surface area contributed by atoms with E-state index < -0.39 is 0 Å². The first-order valence-corrected chi connectivity index (χ1v) is 7.77. The molecule has 1 aromatic carbocycles. The summed E-state index contributed by atoms with van der Waals surface area (Å²) in [5, 5.41) is 5.02. The second-order valence-electron chi connectivity index (χ2n) is 4.67. The zero-order valence-electron chi connectivity index (χ0n) is 11.7. The van der Waals surface area contributed by atoms with Crippen LogP contribution in [-0.2, 0) is 0 Å². The van der Waals surface area contributed by atoms with E-state index in [1.807, 2.05) is 31.2 Å². The third-order valence-corrected chi connectivity index (χ3v) is 4.40. The Labute approximate surface area is 136 Å². The number of carbonyl (C=O) groups is 1. The zero-order chi connectivity index (χ0) is 15.5. The fraction of sp³-hybridized carbons (Fsp3) is 0.0625. The number of pyridine rings is 1. The van der Waals surface area contributed by atoms with Crippen molar-refractivity contribution in [1.29, 1.82) is 0 Å². The van der Waals surface area contributed by atoms with Crippen molar-refractivity contribution in [3.8, 4) is 0 Å². The van der Waals surface area contributed by atoms with Crippen molar-refractivity contribution in [3.63, 3.8) is 0 Å². The Kier molecular flexibility index (Phi) is 4.18. The third kappa shape index (κ3) is 3.00. The number of halogens is 1. The van der Waals surface area contributed by atoms with Gasteiger partial charge in [-0.15, -0.1) is 11.3 Å². The lowest BCUT2D eigenvalue weighted by atomic mass is 10.1. The predicted molar refractivity (Wildman–Crippen MR) is 90.9 cm³/mol. The molecule has 22 heavy (non-hydrogen) atoms. The molecule has 2 aromatic heterocycles. The van der Waals surface area contributed by atoms with Crippen molar-refractivity contribution in [2.24, 2.45) is 5.10 Å². The molecule has 1 N–H and O–H groups in total. The highest BCUT2D eigenvalue weighted by molar-refractivity contribution is 7.17. The first-order chi connectivity index (χ1) is 10.6. The predicted octanol–water partition coefficient (Wildman–Crippen LogP) is 4.02. The third-order valence-electron chi connectivity index (χ3n) is 3.17. The van der Waals surface area contributed by atoms with Crippen molar-refractivity contribution in [3.05, 3.63) is 62.9 Å². The topological polar surface area (TPSA) is 54.4 Å². The molecule has 2 heterocycles. The Morgan fingerprint density at radius 1 is 1.32 bits per heavy atom. The van der Waals surface area contributed by atoms with Gasteiger partial charge in [0, 0.05) is 17.1 Å². The molecule has 0 fully saturated rings. The summed E-state index contributed by atoms with van der Waals surface area (Å²) in [5.41, 5.74) is 5.44. The number of rotatable bonds is 3. The van der Waals surface area contributed by atoms with Crippen LogP contribution >= 0.6 is 22.9 Å². The first kappa shape index (κ1) is 14.7. The Balaban J connectivity index is 1.81. The molecule has 0 atom stereocenters. The highest BCUT2D eigenvalue weighted by Crippen LogP contribution is 2.21. The number of hydrogen-bond acceptors (Lipinski definition) is 4. The molecule has 0 bridgehead atoms. The molecule has 0 saturated carbocycles. The Bertz CT molecular complexity index is 873. The molecule has 4 nitrogen and oxygen atoms in total. The molecule has 0 aliphatic heterocycles. The number of hydrazone groups is 1. The van der Waals surface area contributed by atoms with Gasteiger partial charge in [0.25, 0.3) is 5.91 Å². The Hall–Kier alpha value is -2.24. The lowest BCUT2D eigenvalue weighted by Gasteiger charge is -2.04. The van der Waals surface area contributed by atoms with Crippen molar-refractivity contribution in [2.75, 3.05) is 0 Å². The number of thiophene rings is 1. The summed E-state index contributed by atoms with van der Waals surface area (Å²) in [6.07, 6.45) is 3.38. The zero-order valence-corrected chi connectivity index (χ0v) is 13.3. The first-order valence-electron chi connectivity index (χ1n) is 6.58. The lowest BCUT2D eigenvalue weighted by Crippen LogP contribution is -2.16. The van der Waals surface area contributed by atoms with Crippen molar-refractivity contribution in [2.45, 2.75) is 6.92 Å². The number of aromatic nitrogens is 1. The highest BCUT2D eigenvalue weighted by Gasteiger charge is 2.07. The summed E-state index contributed by atoms with van der Waals surface area (Å²) in [7, 11) is 0. The van der Waals surface area contributed by atoms with Crippen LogP contribution in [0.2, 0.25) is 4.34 Å². The Morgan fingerprint density at radius 2 is 2.18 bits per heavy atom. The molecule has 0 saturated heterocycles. The van der Waals surface area contributed by atoms with Gasteiger partial charge in [-0.3, -0.25) is 9.78 Å². The standard InChI is InChI=1S/C16H12ClN3OS/c1-10-4-5-11(12-3-2-8-18-15(10)12)9-19-20-16(21)13-6-7-14(17)22-13/h2-9H,1H3,(H,20,21)/b19-9+. The smallest absolute Gasteiger partial charge is 0.266 e. The minimum absolute atomic E-state index is 0.275. The summed E-state index contributed by atoms with van der Waals surface area (Å²) in [6.45, 7) is 2.01. The van der Waals surface area contributed by atoms with Gasteiger partial charge in [-0.25, -0.2) is 5.43 Å². The second kappa shape index (κ2) is 6.25. The number of hydrogen-bond donors (Lipinski definition) is 1. The molecule has 0 aliphatic carbocycles. The second-order valence-corrected chi connectivity index (χ2v) is 6.39. The van der Waals surface area contributed by atoms with Crippen LogP contribution in [-0.4, -0.2) is 17.1 Å². The summed E-state index contributed by atoms with van der Waals surface area (Å²) < 4.78 is 0.574. The summed E-state index contributed by atoms with van der Waals surface area (Å²) in [5.74, 6) is -0.275. The van der Waals surface area contributed by atoms with Crippen molar-refractivity contribution in [1.82, 2.24) is 10.4 Å². The minimum atomic E-state index is -0.275. The van der Waals surface area contributed by atoms with E-state index in [0.717, 1.165) is 22.0 Å². The van der Waals surface area contributed by atoms with Gasteiger partial charge in [0.05, 0.1) is 20.9 Å². The normalized spacial score (nSPS) is 11.2. The van der Waals surface area contributed by atoms with Crippen LogP contribution in [0.5, 0.6) is 0 Å². The number of amides is 1. The van der Waals surface area contributed by atoms with Crippen molar-refractivity contribution < 1.29 is 4.79 Å². The quantitative estimate of drug-likeness (QED) is 0.583.